The molecule has 16 heavy (non-hydrogen) atoms. The third kappa shape index (κ3) is 3.52. The van der Waals surface area contributed by atoms with E-state index in [9.17, 15) is 0 Å². The van der Waals surface area contributed by atoms with E-state index < -0.39 is 0 Å². The topological polar surface area (TPSA) is 21.3 Å². The van der Waals surface area contributed by atoms with Crippen LogP contribution in [0.25, 0.3) is 0 Å². The van der Waals surface area contributed by atoms with E-state index in [1.165, 1.54) is 12.2 Å². The Balaban J connectivity index is 1.67. The van der Waals surface area contributed by atoms with Gasteiger partial charge in [-0.15, -0.1) is 23.4 Å². The van der Waals surface area contributed by atoms with E-state index >= 15 is 0 Å². The highest BCUT2D eigenvalue weighted by atomic mass is 35.5. The van der Waals surface area contributed by atoms with Gasteiger partial charge in [-0.1, -0.05) is 0 Å². The maximum Gasteiger partial charge on any atom is 0.0580 e. The summed E-state index contributed by atoms with van der Waals surface area (Å²) in [4.78, 5) is 0. The molecular formula is C12H22ClNOS. The van der Waals surface area contributed by atoms with Crippen molar-refractivity contribution in [3.63, 3.8) is 0 Å². The lowest BCUT2D eigenvalue weighted by Crippen LogP contribution is -2.32. The molecule has 0 spiro atoms. The second-order valence-corrected chi connectivity index (χ2v) is 6.70. The van der Waals surface area contributed by atoms with Gasteiger partial charge < -0.3 is 10.1 Å². The predicted octanol–water partition coefficient (Wildman–Crippen LogP) is 2.85. The van der Waals surface area contributed by atoms with Gasteiger partial charge in [0.05, 0.1) is 18.1 Å². The number of nitrogens with one attached hydrogen (secondary N) is 1. The number of hydrogen-bond donors (Lipinski definition) is 1. The van der Waals surface area contributed by atoms with Crippen molar-refractivity contribution in [1.29, 1.82) is 0 Å². The van der Waals surface area contributed by atoms with E-state index in [1.807, 2.05) is 11.8 Å². The van der Waals surface area contributed by atoms with E-state index in [1.54, 1.807) is 0 Å². The van der Waals surface area contributed by atoms with Gasteiger partial charge in [0.2, 0.25) is 0 Å². The normalized spacial score (nSPS) is 40.1. The molecule has 1 heterocycles. The van der Waals surface area contributed by atoms with Crippen LogP contribution in [0.2, 0.25) is 0 Å². The molecule has 1 aliphatic heterocycles. The van der Waals surface area contributed by atoms with Crippen molar-refractivity contribution in [3.8, 4) is 0 Å². The molecule has 0 aromatic rings. The lowest BCUT2D eigenvalue weighted by molar-refractivity contribution is 0.00767. The Labute approximate surface area is 108 Å². The molecule has 2 fully saturated rings. The fraction of sp³-hybridized carbons (Fsp3) is 1.00. The van der Waals surface area contributed by atoms with Crippen LogP contribution in [-0.4, -0.2) is 36.3 Å². The van der Waals surface area contributed by atoms with Crippen molar-refractivity contribution >= 4 is 23.4 Å². The smallest absolute Gasteiger partial charge is 0.0580 e. The van der Waals surface area contributed by atoms with E-state index in [4.69, 9.17) is 16.3 Å². The summed E-state index contributed by atoms with van der Waals surface area (Å²) in [5.41, 5.74) is 0. The first-order chi connectivity index (χ1) is 7.79. The van der Waals surface area contributed by atoms with Crippen LogP contribution < -0.4 is 5.32 Å². The van der Waals surface area contributed by atoms with Crippen LogP contribution in [0.15, 0.2) is 0 Å². The minimum Gasteiger partial charge on any atom is -0.378 e. The molecule has 2 rings (SSSR count). The summed E-state index contributed by atoms with van der Waals surface area (Å²) in [7, 11) is 2.05. The fourth-order valence-electron chi connectivity index (χ4n) is 2.57. The van der Waals surface area contributed by atoms with Crippen LogP contribution in [-0.2, 0) is 4.74 Å². The van der Waals surface area contributed by atoms with Crippen LogP contribution in [0.3, 0.4) is 0 Å². The monoisotopic (exact) mass is 263 g/mol. The fourth-order valence-corrected chi connectivity index (χ4v) is 4.17. The highest BCUT2D eigenvalue weighted by Crippen LogP contribution is 2.32. The molecule has 1 N–H and O–H groups in total. The van der Waals surface area contributed by atoms with E-state index in [-0.39, 0.29) is 0 Å². The first kappa shape index (κ1) is 13.0. The number of rotatable bonds is 4. The molecule has 4 heteroatoms. The molecule has 1 saturated carbocycles. The number of hydrogen-bond acceptors (Lipinski definition) is 3. The SMILES string of the molecule is CNC1SCCC1COC1CCC(Cl)CC1. The van der Waals surface area contributed by atoms with Gasteiger partial charge >= 0.3 is 0 Å². The molecular weight excluding hydrogens is 242 g/mol. The molecule has 1 aliphatic carbocycles. The van der Waals surface area contributed by atoms with Gasteiger partial charge in [-0.05, 0) is 44.9 Å². The number of halogens is 1. The molecule has 1 saturated heterocycles. The second-order valence-electron chi connectivity index (χ2n) is 4.84. The summed E-state index contributed by atoms with van der Waals surface area (Å²) in [6, 6.07) is 0. The first-order valence-corrected chi connectivity index (χ1v) is 7.82. The molecule has 2 aliphatic rings. The Morgan fingerprint density at radius 2 is 2.00 bits per heavy atom. The molecule has 0 aromatic carbocycles. The van der Waals surface area contributed by atoms with Crippen molar-refractivity contribution in [1.82, 2.24) is 5.32 Å². The van der Waals surface area contributed by atoms with Crippen LogP contribution in [0.5, 0.6) is 0 Å². The zero-order valence-electron chi connectivity index (χ0n) is 9.95. The Morgan fingerprint density at radius 1 is 1.25 bits per heavy atom. The number of ether oxygens (including phenoxy) is 1. The summed E-state index contributed by atoms with van der Waals surface area (Å²) < 4.78 is 6.04. The molecule has 0 radical (unpaired) electrons. The number of alkyl halides is 1. The van der Waals surface area contributed by atoms with Crippen molar-refractivity contribution in [3.05, 3.63) is 0 Å². The van der Waals surface area contributed by atoms with E-state index in [0.717, 1.165) is 32.3 Å². The number of thioether (sulfide) groups is 1. The van der Waals surface area contributed by atoms with Crippen LogP contribution in [0, 0.1) is 5.92 Å². The summed E-state index contributed by atoms with van der Waals surface area (Å²) in [6.45, 7) is 0.927. The Morgan fingerprint density at radius 3 is 2.69 bits per heavy atom. The lowest BCUT2D eigenvalue weighted by atomic mass is 9.97. The Bertz CT molecular complexity index is 209. The highest BCUT2D eigenvalue weighted by molar-refractivity contribution is 8.00. The quantitative estimate of drug-likeness (QED) is 0.789. The Kier molecular flexibility index (Phi) is 5.27. The summed E-state index contributed by atoms with van der Waals surface area (Å²) in [6.07, 6.45) is 6.32. The minimum absolute atomic E-state index is 0.395. The summed E-state index contributed by atoms with van der Waals surface area (Å²) in [5.74, 6) is 1.97. The zero-order chi connectivity index (χ0) is 11.4. The molecule has 0 amide bonds. The summed E-state index contributed by atoms with van der Waals surface area (Å²) in [5, 5.41) is 4.37. The van der Waals surface area contributed by atoms with Crippen LogP contribution in [0.1, 0.15) is 32.1 Å². The van der Waals surface area contributed by atoms with Crippen LogP contribution in [0.4, 0.5) is 0 Å². The van der Waals surface area contributed by atoms with Crippen molar-refractivity contribution in [2.45, 2.75) is 49.0 Å². The van der Waals surface area contributed by atoms with Gasteiger partial charge in [0.25, 0.3) is 0 Å². The van der Waals surface area contributed by atoms with Crippen molar-refractivity contribution < 1.29 is 4.74 Å². The maximum atomic E-state index is 6.09. The second kappa shape index (κ2) is 6.48. The molecule has 2 atom stereocenters. The average Bonchev–Trinajstić information content (AvgIpc) is 2.76. The van der Waals surface area contributed by atoms with Gasteiger partial charge in [-0.2, -0.15) is 0 Å². The minimum atomic E-state index is 0.395. The Hall–Kier alpha value is 0.560. The predicted molar refractivity (Wildman–Crippen MR) is 71.3 cm³/mol. The van der Waals surface area contributed by atoms with Crippen LogP contribution >= 0.6 is 23.4 Å². The first-order valence-electron chi connectivity index (χ1n) is 6.34. The standard InChI is InChI=1S/C12H22ClNOS/c1-14-12-9(6-7-16-12)8-15-11-4-2-10(13)3-5-11/h9-12,14H,2-8H2,1H3. The van der Waals surface area contributed by atoms with Gasteiger partial charge in [0, 0.05) is 11.3 Å². The molecule has 0 bridgehead atoms. The lowest BCUT2D eigenvalue weighted by Gasteiger charge is -2.27. The highest BCUT2D eigenvalue weighted by Gasteiger charge is 2.28. The van der Waals surface area contributed by atoms with Gasteiger partial charge in [0.15, 0.2) is 0 Å². The van der Waals surface area contributed by atoms with Gasteiger partial charge in [-0.3, -0.25) is 0 Å². The van der Waals surface area contributed by atoms with E-state index in [0.29, 0.717) is 22.8 Å². The van der Waals surface area contributed by atoms with Crippen molar-refractivity contribution in [2.75, 3.05) is 19.4 Å². The van der Waals surface area contributed by atoms with Crippen molar-refractivity contribution in [2.24, 2.45) is 5.92 Å². The average molecular weight is 264 g/mol. The third-order valence-electron chi connectivity index (χ3n) is 3.65. The molecule has 0 aromatic heterocycles. The van der Waals surface area contributed by atoms with Gasteiger partial charge in [0.1, 0.15) is 0 Å². The van der Waals surface area contributed by atoms with E-state index in [2.05, 4.69) is 12.4 Å². The zero-order valence-corrected chi connectivity index (χ0v) is 11.5. The third-order valence-corrected chi connectivity index (χ3v) is 5.54. The maximum absolute atomic E-state index is 6.09. The largest absolute Gasteiger partial charge is 0.378 e. The molecule has 2 nitrogen and oxygen atoms in total. The molecule has 94 valence electrons. The molecule has 2 unspecified atom stereocenters. The van der Waals surface area contributed by atoms with Gasteiger partial charge in [-0.25, -0.2) is 0 Å². The summed E-state index contributed by atoms with van der Waals surface area (Å²) >= 11 is 8.11.